The highest BCUT2D eigenvalue weighted by molar-refractivity contribution is 7.88. The van der Waals surface area contributed by atoms with Crippen LogP contribution in [0.5, 0.6) is 17.2 Å². The molecular formula is C55H71F3O9S. The number of benzene rings is 4. The van der Waals surface area contributed by atoms with Gasteiger partial charge in [-0.3, -0.25) is 9.59 Å². The minimum absolute atomic E-state index is 0.168. The van der Waals surface area contributed by atoms with Crippen LogP contribution >= 0.6 is 0 Å². The second-order valence-corrected chi connectivity index (χ2v) is 20.9. The van der Waals surface area contributed by atoms with E-state index in [1.165, 1.54) is 31.2 Å². The largest absolute Gasteiger partial charge is 0.534 e. The molecule has 0 heterocycles. The number of allylic oxidation sites excluding steroid dienone is 1. The first-order chi connectivity index (χ1) is 31.4. The van der Waals surface area contributed by atoms with Gasteiger partial charge in [-0.15, -0.1) is 0 Å². The Morgan fingerprint density at radius 3 is 1.16 bits per heavy atom. The van der Waals surface area contributed by atoms with Crippen molar-refractivity contribution in [2.75, 3.05) is 7.11 Å². The van der Waals surface area contributed by atoms with Crippen LogP contribution in [0.15, 0.2) is 78.9 Å². The van der Waals surface area contributed by atoms with E-state index in [2.05, 4.69) is 55.3 Å². The molecule has 0 atom stereocenters. The van der Waals surface area contributed by atoms with Crippen LogP contribution in [0.3, 0.4) is 0 Å². The molecule has 4 rings (SSSR count). The van der Waals surface area contributed by atoms with Crippen LogP contribution in [-0.2, 0) is 40.1 Å². The van der Waals surface area contributed by atoms with Crippen molar-refractivity contribution in [3.05, 3.63) is 129 Å². The first-order valence-corrected chi connectivity index (χ1v) is 24.5. The van der Waals surface area contributed by atoms with E-state index in [1.807, 2.05) is 73.6 Å². The Morgan fingerprint density at radius 2 is 0.882 bits per heavy atom. The standard InChI is InChI=1S/C30H40O4.C25H31F3O5S/c1-10-22(19-27(31)33-9)25-15-13-23(17-20(25)4)30(11-2,12-3)24-14-16-26(21(5)18-24)34-28(32)29(6,7)8;1-8-24(9-2,18-10-12-20(16(3)14-18)32-22(29)23(5,6)7)19-11-13-21(17(4)15-19)33-34(30,31)25(26,27)28/h13-19H,10-12H2,1-9H3;10-15H,8-9H2,1-7H3/b22-19+;. The second kappa shape index (κ2) is 22.3. The average molecular weight is 965 g/mol. The van der Waals surface area contributed by atoms with Crippen LogP contribution in [0.25, 0.3) is 5.57 Å². The van der Waals surface area contributed by atoms with E-state index in [0.29, 0.717) is 24.3 Å². The number of ether oxygens (including phenoxy) is 3. The summed E-state index contributed by atoms with van der Waals surface area (Å²) in [4.78, 5) is 36.5. The van der Waals surface area contributed by atoms with E-state index in [1.54, 1.807) is 45.0 Å². The van der Waals surface area contributed by atoms with Crippen LogP contribution in [-0.4, -0.2) is 38.9 Å². The minimum atomic E-state index is -5.76. The Balaban J connectivity index is 0.000000360. The zero-order valence-electron chi connectivity index (χ0n) is 42.8. The summed E-state index contributed by atoms with van der Waals surface area (Å²) in [7, 11) is -4.36. The van der Waals surface area contributed by atoms with Crippen molar-refractivity contribution in [3.63, 3.8) is 0 Å². The molecule has 13 heteroatoms. The summed E-state index contributed by atoms with van der Waals surface area (Å²) < 4.78 is 81.4. The number of aryl methyl sites for hydroxylation is 4. The van der Waals surface area contributed by atoms with Gasteiger partial charge in [0.25, 0.3) is 0 Å². The molecule has 0 aliphatic rings. The Kier molecular flexibility index (Phi) is 18.7. The van der Waals surface area contributed by atoms with Gasteiger partial charge >= 0.3 is 33.5 Å². The number of esters is 3. The monoisotopic (exact) mass is 964 g/mol. The Labute approximate surface area is 403 Å². The molecule has 0 aliphatic heterocycles. The maximum atomic E-state index is 12.7. The molecule has 0 fully saturated rings. The number of carbonyl (C=O) groups is 3. The summed E-state index contributed by atoms with van der Waals surface area (Å²) in [5.41, 5.74) is 1.98. The number of methoxy groups -OCH3 is 1. The van der Waals surface area contributed by atoms with Crippen molar-refractivity contribution >= 4 is 33.6 Å². The molecule has 0 saturated carbocycles. The lowest BCUT2D eigenvalue weighted by Gasteiger charge is -2.34. The van der Waals surface area contributed by atoms with Gasteiger partial charge in [0.05, 0.1) is 17.9 Å². The van der Waals surface area contributed by atoms with Crippen LogP contribution in [0.4, 0.5) is 13.2 Å². The summed E-state index contributed by atoms with van der Waals surface area (Å²) in [6.45, 7) is 28.8. The van der Waals surface area contributed by atoms with E-state index >= 15 is 0 Å². The van der Waals surface area contributed by atoms with Crippen molar-refractivity contribution in [1.29, 1.82) is 0 Å². The molecule has 68 heavy (non-hydrogen) atoms. The molecule has 0 amide bonds. The molecule has 372 valence electrons. The number of hydrogen-bond acceptors (Lipinski definition) is 9. The summed E-state index contributed by atoms with van der Waals surface area (Å²) in [6, 6.07) is 22.7. The molecule has 0 aromatic heterocycles. The van der Waals surface area contributed by atoms with E-state index in [0.717, 1.165) is 58.2 Å². The van der Waals surface area contributed by atoms with Crippen molar-refractivity contribution in [3.8, 4) is 17.2 Å². The van der Waals surface area contributed by atoms with Crippen molar-refractivity contribution in [2.24, 2.45) is 10.8 Å². The van der Waals surface area contributed by atoms with Gasteiger partial charge in [-0.25, -0.2) is 4.79 Å². The fraction of sp³-hybridized carbons (Fsp3) is 0.473. The smallest absolute Gasteiger partial charge is 0.466 e. The highest BCUT2D eigenvalue weighted by Gasteiger charge is 2.49. The van der Waals surface area contributed by atoms with E-state index < -0.39 is 31.9 Å². The molecule has 0 bridgehead atoms. The molecule has 4 aromatic rings. The fourth-order valence-corrected chi connectivity index (χ4v) is 8.71. The number of carbonyl (C=O) groups excluding carboxylic acids is 3. The SMILES string of the molecule is CC/C(=C\C(=O)OC)c1ccc(C(CC)(CC)c2ccc(OC(=O)C(C)(C)C)c(C)c2)cc1C.CCC(CC)(c1ccc(OC(=O)C(C)(C)C)c(C)c1)c1ccc(OS(=O)(=O)C(F)(F)F)c(C)c1. The molecule has 0 spiro atoms. The molecular weight excluding hydrogens is 894 g/mol. The number of rotatable bonds is 15. The van der Waals surface area contributed by atoms with Gasteiger partial charge in [-0.2, -0.15) is 21.6 Å². The minimum Gasteiger partial charge on any atom is -0.466 e. The third-order valence-corrected chi connectivity index (χ3v) is 13.7. The van der Waals surface area contributed by atoms with Crippen LogP contribution in [0, 0.1) is 38.5 Å². The van der Waals surface area contributed by atoms with Gasteiger partial charge < -0.3 is 18.4 Å². The molecule has 0 radical (unpaired) electrons. The van der Waals surface area contributed by atoms with Crippen molar-refractivity contribution in [2.45, 2.75) is 152 Å². The molecule has 4 aromatic carbocycles. The lowest BCUT2D eigenvalue weighted by Crippen LogP contribution is -2.29. The van der Waals surface area contributed by atoms with E-state index in [-0.39, 0.29) is 34.6 Å². The molecule has 0 N–H and O–H groups in total. The third kappa shape index (κ3) is 13.0. The van der Waals surface area contributed by atoms with Crippen molar-refractivity contribution in [1.82, 2.24) is 0 Å². The van der Waals surface area contributed by atoms with Gasteiger partial charge in [0.15, 0.2) is 0 Å². The van der Waals surface area contributed by atoms with E-state index in [9.17, 15) is 36.0 Å². The van der Waals surface area contributed by atoms with Gasteiger partial charge in [0.1, 0.15) is 17.2 Å². The number of halogens is 3. The highest BCUT2D eigenvalue weighted by Crippen LogP contribution is 2.44. The van der Waals surface area contributed by atoms with Gasteiger partial charge in [-0.05, 0) is 175 Å². The molecule has 0 unspecified atom stereocenters. The first-order valence-electron chi connectivity index (χ1n) is 23.1. The lowest BCUT2D eigenvalue weighted by atomic mass is 9.69. The molecule has 0 saturated heterocycles. The normalized spacial score (nSPS) is 12.7. The quantitative estimate of drug-likeness (QED) is 0.0377. The predicted molar refractivity (Wildman–Crippen MR) is 264 cm³/mol. The number of hydrogen-bond donors (Lipinski definition) is 0. The van der Waals surface area contributed by atoms with Crippen LogP contribution in [0.2, 0.25) is 0 Å². The first kappa shape index (κ1) is 56.9. The summed E-state index contributed by atoms with van der Waals surface area (Å²) in [5, 5.41) is 0. The Morgan fingerprint density at radius 1 is 0.544 bits per heavy atom. The third-order valence-electron chi connectivity index (χ3n) is 12.7. The van der Waals surface area contributed by atoms with Gasteiger partial charge in [0.2, 0.25) is 0 Å². The predicted octanol–water partition coefficient (Wildman–Crippen LogP) is 13.9. The van der Waals surface area contributed by atoms with E-state index in [4.69, 9.17) is 14.2 Å². The zero-order valence-corrected chi connectivity index (χ0v) is 43.6. The Bertz CT molecular complexity index is 2590. The maximum Gasteiger partial charge on any atom is 0.534 e. The van der Waals surface area contributed by atoms with Gasteiger partial charge in [0, 0.05) is 16.9 Å². The highest BCUT2D eigenvalue weighted by atomic mass is 32.2. The fourth-order valence-electron chi connectivity index (χ4n) is 8.19. The second-order valence-electron chi connectivity index (χ2n) is 19.4. The lowest BCUT2D eigenvalue weighted by molar-refractivity contribution is -0.143. The average Bonchev–Trinajstić information content (AvgIpc) is 3.25. The maximum absolute atomic E-state index is 12.7. The molecule has 9 nitrogen and oxygen atoms in total. The van der Waals surface area contributed by atoms with Crippen LogP contribution < -0.4 is 13.7 Å². The topological polar surface area (TPSA) is 122 Å². The summed E-state index contributed by atoms with van der Waals surface area (Å²) in [6.07, 6.45) is 5.53. The summed E-state index contributed by atoms with van der Waals surface area (Å²) in [5.74, 6) is -0.222. The number of alkyl halides is 3. The Hall–Kier alpha value is -5.43. The zero-order chi connectivity index (χ0) is 51.8. The van der Waals surface area contributed by atoms with Crippen LogP contribution in [0.1, 0.15) is 158 Å². The van der Waals surface area contributed by atoms with Crippen molar-refractivity contribution < 1.29 is 54.4 Å². The summed E-state index contributed by atoms with van der Waals surface area (Å²) >= 11 is 0. The van der Waals surface area contributed by atoms with Gasteiger partial charge in [-0.1, -0.05) is 89.2 Å². The molecule has 0 aliphatic carbocycles.